The number of pyridine rings is 1. The van der Waals surface area contributed by atoms with Gasteiger partial charge in [-0.1, -0.05) is 10.6 Å². The van der Waals surface area contributed by atoms with E-state index >= 15 is 0 Å². The highest BCUT2D eigenvalue weighted by atomic mass is 32.1. The summed E-state index contributed by atoms with van der Waals surface area (Å²) < 4.78 is 3.89. The summed E-state index contributed by atoms with van der Waals surface area (Å²) in [6.07, 6.45) is 7.03. The van der Waals surface area contributed by atoms with Crippen molar-refractivity contribution in [2.24, 2.45) is 5.73 Å². The van der Waals surface area contributed by atoms with Crippen molar-refractivity contribution in [2.75, 3.05) is 0 Å². The number of hydrogen-bond acceptors (Lipinski definition) is 5. The van der Waals surface area contributed by atoms with Gasteiger partial charge in [-0.25, -0.2) is 0 Å². The quantitative estimate of drug-likeness (QED) is 0.880. The van der Waals surface area contributed by atoms with Crippen LogP contribution in [0.5, 0.6) is 0 Å². The Labute approximate surface area is 104 Å². The van der Waals surface area contributed by atoms with Gasteiger partial charge in [-0.3, -0.25) is 4.98 Å². The number of aromatic nitrogens is 3. The van der Waals surface area contributed by atoms with Crippen LogP contribution < -0.4 is 5.73 Å². The van der Waals surface area contributed by atoms with Crippen molar-refractivity contribution in [3.05, 3.63) is 40.7 Å². The Bertz CT molecular complexity index is 497. The van der Waals surface area contributed by atoms with Crippen molar-refractivity contribution >= 4 is 11.5 Å². The molecular formula is C12H14N4S. The molecule has 1 aliphatic carbocycles. The Kier molecular flexibility index (Phi) is 2.86. The van der Waals surface area contributed by atoms with Gasteiger partial charge in [-0.15, -0.1) is 5.10 Å². The normalized spacial score (nSPS) is 20.9. The fraction of sp³-hybridized carbons (Fsp3) is 0.417. The van der Waals surface area contributed by atoms with Crippen LogP contribution in [0.4, 0.5) is 0 Å². The van der Waals surface area contributed by atoms with Crippen molar-refractivity contribution in [1.82, 2.24) is 14.6 Å². The summed E-state index contributed by atoms with van der Waals surface area (Å²) in [7, 11) is 0. The van der Waals surface area contributed by atoms with Gasteiger partial charge in [0.25, 0.3) is 0 Å². The maximum atomic E-state index is 6.32. The molecule has 0 radical (unpaired) electrons. The van der Waals surface area contributed by atoms with E-state index in [0.717, 1.165) is 17.7 Å². The van der Waals surface area contributed by atoms with Gasteiger partial charge in [0.1, 0.15) is 0 Å². The molecule has 88 valence electrons. The molecule has 0 saturated heterocycles. The second-order valence-electron chi connectivity index (χ2n) is 4.39. The maximum Gasteiger partial charge on any atom is 0.0669 e. The van der Waals surface area contributed by atoms with E-state index in [9.17, 15) is 0 Å². The minimum absolute atomic E-state index is 0.0241. The molecule has 2 atom stereocenters. The summed E-state index contributed by atoms with van der Waals surface area (Å²) in [6.45, 7) is 0. The van der Waals surface area contributed by atoms with E-state index < -0.39 is 0 Å². The zero-order valence-corrected chi connectivity index (χ0v) is 10.2. The van der Waals surface area contributed by atoms with Crippen LogP contribution in [0.25, 0.3) is 0 Å². The van der Waals surface area contributed by atoms with Crippen LogP contribution in [-0.4, -0.2) is 14.6 Å². The average molecular weight is 246 g/mol. The lowest BCUT2D eigenvalue weighted by molar-refractivity contribution is 0.467. The molecule has 2 aromatic heterocycles. The average Bonchev–Trinajstić information content (AvgIpc) is 2.91. The Morgan fingerprint density at radius 1 is 1.47 bits per heavy atom. The van der Waals surface area contributed by atoms with Crippen LogP contribution in [0.15, 0.2) is 24.5 Å². The zero-order valence-electron chi connectivity index (χ0n) is 9.41. The van der Waals surface area contributed by atoms with Gasteiger partial charge in [0.2, 0.25) is 0 Å². The van der Waals surface area contributed by atoms with Gasteiger partial charge in [0.05, 0.1) is 17.1 Å². The number of rotatable bonds is 2. The van der Waals surface area contributed by atoms with E-state index in [1.165, 1.54) is 29.2 Å². The smallest absolute Gasteiger partial charge is 0.0669 e. The standard InChI is InChI=1S/C12H14N4S/c13-11(10-7-15-16-17-10)9-5-1-3-8-4-2-6-14-12(8)9/h2,4,6-7,9,11H,1,3,5,13H2. The molecular weight excluding hydrogens is 232 g/mol. The third-order valence-electron chi connectivity index (χ3n) is 3.38. The molecule has 0 bridgehead atoms. The van der Waals surface area contributed by atoms with Crippen LogP contribution in [0.1, 0.15) is 40.9 Å². The summed E-state index contributed by atoms with van der Waals surface area (Å²) in [6, 6.07) is 4.14. The second kappa shape index (κ2) is 4.50. The SMILES string of the molecule is NC(c1cnns1)C1CCCc2cccnc21. The number of hydrogen-bond donors (Lipinski definition) is 1. The van der Waals surface area contributed by atoms with Gasteiger partial charge in [-0.2, -0.15) is 0 Å². The molecule has 2 aromatic rings. The fourth-order valence-corrected chi connectivity index (χ4v) is 3.08. The van der Waals surface area contributed by atoms with E-state index in [1.807, 2.05) is 12.3 Å². The lowest BCUT2D eigenvalue weighted by Crippen LogP contribution is -2.23. The first-order chi connectivity index (χ1) is 8.36. The van der Waals surface area contributed by atoms with Crippen LogP contribution in [-0.2, 0) is 6.42 Å². The van der Waals surface area contributed by atoms with Crippen molar-refractivity contribution in [3.63, 3.8) is 0 Å². The second-order valence-corrected chi connectivity index (χ2v) is 5.21. The summed E-state index contributed by atoms with van der Waals surface area (Å²) in [5.74, 6) is 0.308. The summed E-state index contributed by atoms with van der Waals surface area (Å²) in [5, 5.41) is 3.86. The van der Waals surface area contributed by atoms with Crippen LogP contribution in [0.2, 0.25) is 0 Å². The number of nitrogens with zero attached hydrogens (tertiary/aromatic N) is 3. The van der Waals surface area contributed by atoms with E-state index in [4.69, 9.17) is 5.73 Å². The molecule has 0 saturated carbocycles. The minimum atomic E-state index is -0.0241. The van der Waals surface area contributed by atoms with Crippen LogP contribution >= 0.6 is 11.5 Å². The van der Waals surface area contributed by atoms with Crippen molar-refractivity contribution < 1.29 is 0 Å². The number of nitrogens with two attached hydrogens (primary N) is 1. The van der Waals surface area contributed by atoms with Crippen LogP contribution in [0.3, 0.4) is 0 Å². The Hall–Kier alpha value is -1.33. The molecule has 3 rings (SSSR count). The lowest BCUT2D eigenvalue weighted by atomic mass is 9.82. The molecule has 0 spiro atoms. The van der Waals surface area contributed by atoms with Crippen LogP contribution in [0, 0.1) is 0 Å². The first-order valence-corrected chi connectivity index (χ1v) is 6.60. The predicted molar refractivity (Wildman–Crippen MR) is 66.8 cm³/mol. The van der Waals surface area contributed by atoms with E-state index in [1.54, 1.807) is 6.20 Å². The van der Waals surface area contributed by atoms with Gasteiger partial charge in [-0.05, 0) is 42.4 Å². The molecule has 0 amide bonds. The Morgan fingerprint density at radius 2 is 2.41 bits per heavy atom. The minimum Gasteiger partial charge on any atom is -0.323 e. The summed E-state index contributed by atoms with van der Waals surface area (Å²) in [5.41, 5.74) is 8.83. The molecule has 0 fully saturated rings. The van der Waals surface area contributed by atoms with Gasteiger partial charge < -0.3 is 5.73 Å². The Morgan fingerprint density at radius 3 is 3.24 bits per heavy atom. The van der Waals surface area contributed by atoms with Crippen molar-refractivity contribution in [1.29, 1.82) is 0 Å². The van der Waals surface area contributed by atoms with Gasteiger partial charge in [0, 0.05) is 17.8 Å². The molecule has 2 heterocycles. The maximum absolute atomic E-state index is 6.32. The molecule has 2 N–H and O–H groups in total. The molecule has 4 nitrogen and oxygen atoms in total. The van der Waals surface area contributed by atoms with E-state index in [-0.39, 0.29) is 6.04 Å². The summed E-state index contributed by atoms with van der Waals surface area (Å²) >= 11 is 1.39. The fourth-order valence-electron chi connectivity index (χ4n) is 2.51. The highest BCUT2D eigenvalue weighted by molar-refractivity contribution is 7.05. The first kappa shape index (κ1) is 10.8. The van der Waals surface area contributed by atoms with Crippen molar-refractivity contribution in [2.45, 2.75) is 31.2 Å². The van der Waals surface area contributed by atoms with Gasteiger partial charge >= 0.3 is 0 Å². The molecule has 5 heteroatoms. The predicted octanol–water partition coefficient (Wildman–Crippen LogP) is 2.05. The molecule has 1 aliphatic rings. The number of fused-ring (bicyclic) bond motifs is 1. The van der Waals surface area contributed by atoms with Gasteiger partial charge in [0.15, 0.2) is 0 Å². The highest BCUT2D eigenvalue weighted by Gasteiger charge is 2.28. The number of aryl methyl sites for hydroxylation is 1. The molecule has 17 heavy (non-hydrogen) atoms. The molecule has 2 unspecified atom stereocenters. The topological polar surface area (TPSA) is 64.7 Å². The monoisotopic (exact) mass is 246 g/mol. The molecule has 0 aliphatic heterocycles. The molecule has 0 aromatic carbocycles. The third-order valence-corrected chi connectivity index (χ3v) is 4.14. The van der Waals surface area contributed by atoms with E-state index in [0.29, 0.717) is 5.92 Å². The van der Waals surface area contributed by atoms with Crippen molar-refractivity contribution in [3.8, 4) is 0 Å². The largest absolute Gasteiger partial charge is 0.323 e. The first-order valence-electron chi connectivity index (χ1n) is 5.83. The summed E-state index contributed by atoms with van der Waals surface area (Å²) in [4.78, 5) is 5.57. The third kappa shape index (κ3) is 1.96. The highest BCUT2D eigenvalue weighted by Crippen LogP contribution is 2.38. The zero-order chi connectivity index (χ0) is 11.7. The Balaban J connectivity index is 1.95. The lowest BCUT2D eigenvalue weighted by Gasteiger charge is -2.28. The van der Waals surface area contributed by atoms with E-state index in [2.05, 4.69) is 20.6 Å².